The van der Waals surface area contributed by atoms with Crippen LogP contribution in [0.15, 0.2) is 12.1 Å². The van der Waals surface area contributed by atoms with Crippen molar-refractivity contribution in [3.8, 4) is 6.07 Å². The van der Waals surface area contributed by atoms with Gasteiger partial charge in [-0.2, -0.15) is 5.26 Å². The highest BCUT2D eigenvalue weighted by atomic mass is 16.1. The lowest BCUT2D eigenvalue weighted by atomic mass is 10.2. The van der Waals surface area contributed by atoms with E-state index in [1.807, 2.05) is 6.07 Å². The summed E-state index contributed by atoms with van der Waals surface area (Å²) in [7, 11) is 0. The van der Waals surface area contributed by atoms with Crippen molar-refractivity contribution < 1.29 is 4.79 Å². The number of hydrogen-bond acceptors (Lipinski definition) is 3. The topological polar surface area (TPSA) is 79.8 Å². The molecule has 0 saturated carbocycles. The molecule has 60 valence electrons. The zero-order chi connectivity index (χ0) is 9.14. The second kappa shape index (κ2) is 3.01. The van der Waals surface area contributed by atoms with Crippen LogP contribution < -0.4 is 5.73 Å². The third-order valence-corrected chi connectivity index (χ3v) is 1.46. The van der Waals surface area contributed by atoms with Crippen molar-refractivity contribution in [1.29, 1.82) is 5.26 Å². The lowest BCUT2D eigenvalue weighted by Gasteiger charge is -1.97. The van der Waals surface area contributed by atoms with Crippen LogP contribution >= 0.6 is 0 Å². The van der Waals surface area contributed by atoms with Gasteiger partial charge in [-0.1, -0.05) is 0 Å². The first-order chi connectivity index (χ1) is 5.65. The van der Waals surface area contributed by atoms with Crippen molar-refractivity contribution >= 4 is 5.91 Å². The van der Waals surface area contributed by atoms with Crippen LogP contribution in [0.5, 0.6) is 0 Å². The molecule has 0 spiro atoms. The van der Waals surface area contributed by atoms with Crippen LogP contribution in [0.25, 0.3) is 0 Å². The van der Waals surface area contributed by atoms with Gasteiger partial charge < -0.3 is 5.73 Å². The molecule has 2 N–H and O–H groups in total. The van der Waals surface area contributed by atoms with Crippen LogP contribution in [0.4, 0.5) is 0 Å². The first-order valence-corrected chi connectivity index (χ1v) is 3.32. The number of hydrogen-bond donors (Lipinski definition) is 1. The largest absolute Gasteiger partial charge is 0.364 e. The summed E-state index contributed by atoms with van der Waals surface area (Å²) in [6, 6.07) is 4.92. The Bertz CT molecular complexity index is 365. The lowest BCUT2D eigenvalue weighted by Crippen LogP contribution is -2.13. The van der Waals surface area contributed by atoms with Crippen LogP contribution in [-0.4, -0.2) is 10.9 Å². The van der Waals surface area contributed by atoms with E-state index in [0.717, 1.165) is 0 Å². The Balaban J connectivity index is 3.21. The summed E-state index contributed by atoms with van der Waals surface area (Å²) in [6.45, 7) is 1.66. The number of nitriles is 1. The van der Waals surface area contributed by atoms with E-state index in [0.29, 0.717) is 11.3 Å². The molecule has 1 rings (SSSR count). The van der Waals surface area contributed by atoms with Gasteiger partial charge in [-0.15, -0.1) is 0 Å². The van der Waals surface area contributed by atoms with E-state index in [1.54, 1.807) is 6.92 Å². The van der Waals surface area contributed by atoms with Gasteiger partial charge in [0.25, 0.3) is 5.91 Å². The smallest absolute Gasteiger partial charge is 0.267 e. The molecule has 0 aliphatic carbocycles. The van der Waals surface area contributed by atoms with Gasteiger partial charge in [0.2, 0.25) is 0 Å². The fourth-order valence-electron chi connectivity index (χ4n) is 0.816. The third-order valence-electron chi connectivity index (χ3n) is 1.46. The van der Waals surface area contributed by atoms with Crippen LogP contribution in [-0.2, 0) is 0 Å². The van der Waals surface area contributed by atoms with Crippen molar-refractivity contribution in [2.45, 2.75) is 6.92 Å². The standard InChI is InChI=1S/C8H7N3O/c1-5-6(4-9)2-3-7(11-5)8(10)12/h2-3H,1H3,(H2,10,12). The minimum atomic E-state index is -0.581. The zero-order valence-electron chi connectivity index (χ0n) is 6.53. The molecular formula is C8H7N3O. The van der Waals surface area contributed by atoms with Gasteiger partial charge in [0.1, 0.15) is 11.8 Å². The molecule has 4 heteroatoms. The van der Waals surface area contributed by atoms with Gasteiger partial charge in [-0.25, -0.2) is 4.98 Å². The molecule has 0 saturated heterocycles. The molecule has 0 aliphatic rings. The molecule has 0 aromatic carbocycles. The molecule has 0 atom stereocenters. The van der Waals surface area contributed by atoms with Crippen molar-refractivity contribution in [3.63, 3.8) is 0 Å². The number of rotatable bonds is 1. The van der Waals surface area contributed by atoms with E-state index >= 15 is 0 Å². The van der Waals surface area contributed by atoms with Crippen LogP contribution in [0.3, 0.4) is 0 Å². The van der Waals surface area contributed by atoms with Crippen LogP contribution in [0.2, 0.25) is 0 Å². The first-order valence-electron chi connectivity index (χ1n) is 3.32. The van der Waals surface area contributed by atoms with Crippen molar-refractivity contribution in [2.75, 3.05) is 0 Å². The number of pyridine rings is 1. The number of carbonyl (C=O) groups excluding carboxylic acids is 1. The number of carbonyl (C=O) groups is 1. The van der Waals surface area contributed by atoms with E-state index in [4.69, 9.17) is 11.0 Å². The molecule has 0 unspecified atom stereocenters. The van der Waals surface area contributed by atoms with Gasteiger partial charge in [-0.05, 0) is 19.1 Å². The fraction of sp³-hybridized carbons (Fsp3) is 0.125. The number of nitrogens with zero attached hydrogens (tertiary/aromatic N) is 2. The van der Waals surface area contributed by atoms with Crippen LogP contribution in [0, 0.1) is 18.3 Å². The Morgan fingerprint density at radius 1 is 1.67 bits per heavy atom. The summed E-state index contributed by atoms with van der Waals surface area (Å²) >= 11 is 0. The minimum absolute atomic E-state index is 0.187. The van der Waals surface area contributed by atoms with E-state index in [9.17, 15) is 4.79 Å². The average Bonchev–Trinajstić information content (AvgIpc) is 2.04. The quantitative estimate of drug-likeness (QED) is 0.645. The maximum absolute atomic E-state index is 10.6. The van der Waals surface area contributed by atoms with Crippen molar-refractivity contribution in [2.24, 2.45) is 5.73 Å². The summed E-state index contributed by atoms with van der Waals surface area (Å²) in [4.78, 5) is 14.5. The van der Waals surface area contributed by atoms with Gasteiger partial charge >= 0.3 is 0 Å². The second-order valence-electron chi connectivity index (χ2n) is 2.31. The highest BCUT2D eigenvalue weighted by Gasteiger charge is 2.04. The summed E-state index contributed by atoms with van der Waals surface area (Å²) in [6.07, 6.45) is 0. The van der Waals surface area contributed by atoms with E-state index in [2.05, 4.69) is 4.98 Å². The second-order valence-corrected chi connectivity index (χ2v) is 2.31. The number of aromatic nitrogens is 1. The monoisotopic (exact) mass is 161 g/mol. The first kappa shape index (κ1) is 8.21. The Morgan fingerprint density at radius 3 is 2.75 bits per heavy atom. The molecule has 1 aromatic rings. The predicted molar refractivity (Wildman–Crippen MR) is 42.2 cm³/mol. The number of amides is 1. The zero-order valence-corrected chi connectivity index (χ0v) is 6.53. The van der Waals surface area contributed by atoms with Crippen molar-refractivity contribution in [1.82, 2.24) is 4.98 Å². The maximum atomic E-state index is 10.6. The Hall–Kier alpha value is -1.89. The fourth-order valence-corrected chi connectivity index (χ4v) is 0.816. The molecule has 4 nitrogen and oxygen atoms in total. The lowest BCUT2D eigenvalue weighted by molar-refractivity contribution is 0.0995. The number of aryl methyl sites for hydroxylation is 1. The van der Waals surface area contributed by atoms with Gasteiger partial charge in [0.05, 0.1) is 11.3 Å². The van der Waals surface area contributed by atoms with Crippen LogP contribution in [0.1, 0.15) is 21.7 Å². The highest BCUT2D eigenvalue weighted by Crippen LogP contribution is 2.04. The minimum Gasteiger partial charge on any atom is -0.364 e. The molecule has 0 aliphatic heterocycles. The molecule has 1 aromatic heterocycles. The molecule has 0 radical (unpaired) electrons. The predicted octanol–water partition coefficient (Wildman–Crippen LogP) is 0.361. The molecule has 12 heavy (non-hydrogen) atoms. The summed E-state index contributed by atoms with van der Waals surface area (Å²) < 4.78 is 0. The van der Waals surface area contributed by atoms with Gasteiger partial charge in [0.15, 0.2) is 0 Å². The SMILES string of the molecule is Cc1nc(C(N)=O)ccc1C#N. The molecular weight excluding hydrogens is 154 g/mol. The highest BCUT2D eigenvalue weighted by molar-refractivity contribution is 5.90. The maximum Gasteiger partial charge on any atom is 0.267 e. The molecule has 0 bridgehead atoms. The normalized spacial score (nSPS) is 9.00. The Labute approximate surface area is 69.6 Å². The molecule has 1 amide bonds. The summed E-state index contributed by atoms with van der Waals surface area (Å²) in [5.41, 5.74) is 6.16. The summed E-state index contributed by atoms with van der Waals surface area (Å²) in [5.74, 6) is -0.581. The van der Waals surface area contributed by atoms with Gasteiger partial charge in [-0.3, -0.25) is 4.79 Å². The third kappa shape index (κ3) is 1.40. The molecule has 1 heterocycles. The number of nitrogens with two attached hydrogens (primary N) is 1. The average molecular weight is 161 g/mol. The van der Waals surface area contributed by atoms with E-state index < -0.39 is 5.91 Å². The molecule has 0 fully saturated rings. The Morgan fingerprint density at radius 2 is 2.33 bits per heavy atom. The van der Waals surface area contributed by atoms with E-state index in [1.165, 1.54) is 12.1 Å². The van der Waals surface area contributed by atoms with E-state index in [-0.39, 0.29) is 5.69 Å². The summed E-state index contributed by atoms with van der Waals surface area (Å²) in [5, 5.41) is 8.54. The Kier molecular flexibility index (Phi) is 2.06. The van der Waals surface area contributed by atoms with Crippen molar-refractivity contribution in [3.05, 3.63) is 29.1 Å². The number of primary amides is 1. The van der Waals surface area contributed by atoms with Gasteiger partial charge in [0, 0.05) is 0 Å².